The molecule has 4 nitrogen and oxygen atoms in total. The van der Waals surface area contributed by atoms with E-state index in [1.807, 2.05) is 37.2 Å². The minimum absolute atomic E-state index is 0.107. The first-order chi connectivity index (χ1) is 6.68. The molecule has 0 bridgehead atoms. The fourth-order valence-corrected chi connectivity index (χ4v) is 1.40. The van der Waals surface area contributed by atoms with Crippen molar-refractivity contribution in [3.05, 3.63) is 23.8 Å². The molecular formula is C10H14N2O2. The average Bonchev–Trinajstić information content (AvgIpc) is 2.62. The van der Waals surface area contributed by atoms with E-state index in [0.717, 1.165) is 17.1 Å². The molecule has 0 amide bonds. The number of nitrogens with zero attached hydrogens (tertiary/aromatic N) is 1. The lowest BCUT2D eigenvalue weighted by molar-refractivity contribution is 0.174. The highest BCUT2D eigenvalue weighted by Gasteiger charge is 2.16. The molecular weight excluding hydrogens is 180 g/mol. The Morgan fingerprint density at radius 3 is 2.71 bits per heavy atom. The van der Waals surface area contributed by atoms with Gasteiger partial charge in [0.1, 0.15) is 0 Å². The Labute approximate surface area is 83.2 Å². The van der Waals surface area contributed by atoms with Gasteiger partial charge >= 0.3 is 0 Å². The van der Waals surface area contributed by atoms with Crippen LogP contribution in [0.15, 0.2) is 18.2 Å². The summed E-state index contributed by atoms with van der Waals surface area (Å²) in [6.07, 6.45) is -0.107. The molecule has 0 saturated carbocycles. The minimum Gasteiger partial charge on any atom is -0.454 e. The fraction of sp³-hybridized carbons (Fsp3) is 0.400. The van der Waals surface area contributed by atoms with E-state index in [-0.39, 0.29) is 6.17 Å². The monoisotopic (exact) mass is 194 g/mol. The summed E-state index contributed by atoms with van der Waals surface area (Å²) in [5.41, 5.74) is 6.99. The Morgan fingerprint density at radius 1 is 1.29 bits per heavy atom. The number of fused-ring (bicyclic) bond motifs is 1. The number of rotatable bonds is 2. The van der Waals surface area contributed by atoms with E-state index in [1.54, 1.807) is 0 Å². The van der Waals surface area contributed by atoms with Crippen LogP contribution in [0.4, 0.5) is 0 Å². The van der Waals surface area contributed by atoms with Crippen LogP contribution >= 0.6 is 0 Å². The van der Waals surface area contributed by atoms with Crippen molar-refractivity contribution in [3.8, 4) is 11.5 Å². The maximum absolute atomic E-state index is 5.96. The van der Waals surface area contributed by atoms with Gasteiger partial charge in [0.25, 0.3) is 0 Å². The van der Waals surface area contributed by atoms with Crippen molar-refractivity contribution >= 4 is 0 Å². The maximum atomic E-state index is 5.96. The zero-order valence-corrected chi connectivity index (χ0v) is 8.36. The SMILES string of the molecule is CN(C)C(N)c1ccc2c(c1)OCO2. The van der Waals surface area contributed by atoms with Crippen molar-refractivity contribution in [2.45, 2.75) is 6.17 Å². The summed E-state index contributed by atoms with van der Waals surface area (Å²) in [5.74, 6) is 1.57. The van der Waals surface area contributed by atoms with Gasteiger partial charge < -0.3 is 15.2 Å². The first kappa shape index (κ1) is 9.30. The summed E-state index contributed by atoms with van der Waals surface area (Å²) in [4.78, 5) is 1.94. The zero-order valence-electron chi connectivity index (χ0n) is 8.36. The Bertz CT molecular complexity index is 339. The molecule has 0 fully saturated rings. The molecule has 0 radical (unpaired) electrons. The lowest BCUT2D eigenvalue weighted by atomic mass is 10.1. The van der Waals surface area contributed by atoms with Gasteiger partial charge in [0, 0.05) is 0 Å². The summed E-state index contributed by atoms with van der Waals surface area (Å²) in [6.45, 7) is 0.302. The van der Waals surface area contributed by atoms with Crippen molar-refractivity contribution in [3.63, 3.8) is 0 Å². The quantitative estimate of drug-likeness (QED) is 0.712. The van der Waals surface area contributed by atoms with Crippen molar-refractivity contribution in [2.75, 3.05) is 20.9 Å². The highest BCUT2D eigenvalue weighted by molar-refractivity contribution is 5.45. The summed E-state index contributed by atoms with van der Waals surface area (Å²) < 4.78 is 10.5. The summed E-state index contributed by atoms with van der Waals surface area (Å²) in [7, 11) is 3.88. The molecule has 0 saturated heterocycles. The topological polar surface area (TPSA) is 47.7 Å². The minimum atomic E-state index is -0.107. The van der Waals surface area contributed by atoms with E-state index in [0.29, 0.717) is 6.79 Å². The molecule has 1 atom stereocenters. The summed E-state index contributed by atoms with van der Waals surface area (Å²) >= 11 is 0. The normalized spacial score (nSPS) is 16.0. The number of hydrogen-bond donors (Lipinski definition) is 1. The molecule has 2 N–H and O–H groups in total. The van der Waals surface area contributed by atoms with Crippen molar-refractivity contribution in [1.82, 2.24) is 4.90 Å². The van der Waals surface area contributed by atoms with Gasteiger partial charge in [-0.25, -0.2) is 0 Å². The third-order valence-corrected chi connectivity index (χ3v) is 2.29. The molecule has 0 aromatic heterocycles. The molecule has 14 heavy (non-hydrogen) atoms. The van der Waals surface area contributed by atoms with Crippen LogP contribution in [0.2, 0.25) is 0 Å². The van der Waals surface area contributed by atoms with Crippen LogP contribution in [0, 0.1) is 0 Å². The second-order valence-corrected chi connectivity index (χ2v) is 3.52. The largest absolute Gasteiger partial charge is 0.454 e. The molecule has 1 aliphatic rings. The second-order valence-electron chi connectivity index (χ2n) is 3.52. The van der Waals surface area contributed by atoms with Crippen LogP contribution in [-0.4, -0.2) is 25.8 Å². The van der Waals surface area contributed by atoms with E-state index < -0.39 is 0 Å². The van der Waals surface area contributed by atoms with E-state index in [9.17, 15) is 0 Å². The van der Waals surface area contributed by atoms with Gasteiger partial charge in [0.2, 0.25) is 6.79 Å². The van der Waals surface area contributed by atoms with Gasteiger partial charge in [-0.2, -0.15) is 0 Å². The Hall–Kier alpha value is -1.26. The lowest BCUT2D eigenvalue weighted by Crippen LogP contribution is -2.27. The smallest absolute Gasteiger partial charge is 0.231 e. The third kappa shape index (κ3) is 1.54. The molecule has 0 aliphatic carbocycles. The van der Waals surface area contributed by atoms with Crippen molar-refractivity contribution < 1.29 is 9.47 Å². The average molecular weight is 194 g/mol. The van der Waals surface area contributed by atoms with Gasteiger partial charge in [-0.05, 0) is 31.8 Å². The number of nitrogens with two attached hydrogens (primary N) is 1. The van der Waals surface area contributed by atoms with Crippen LogP contribution < -0.4 is 15.2 Å². The molecule has 76 valence electrons. The van der Waals surface area contributed by atoms with Crippen LogP contribution in [-0.2, 0) is 0 Å². The first-order valence-electron chi connectivity index (χ1n) is 4.50. The van der Waals surface area contributed by atoms with Crippen LogP contribution in [0.3, 0.4) is 0 Å². The van der Waals surface area contributed by atoms with Gasteiger partial charge in [-0.3, -0.25) is 4.90 Å². The van der Waals surface area contributed by atoms with Gasteiger partial charge in [0.05, 0.1) is 6.17 Å². The van der Waals surface area contributed by atoms with Gasteiger partial charge in [-0.1, -0.05) is 6.07 Å². The molecule has 1 unspecified atom stereocenters. The van der Waals surface area contributed by atoms with Gasteiger partial charge in [0.15, 0.2) is 11.5 Å². The number of ether oxygens (including phenoxy) is 2. The second kappa shape index (κ2) is 3.48. The molecule has 1 aliphatic heterocycles. The van der Waals surface area contributed by atoms with Crippen LogP contribution in [0.5, 0.6) is 11.5 Å². The fourth-order valence-electron chi connectivity index (χ4n) is 1.40. The van der Waals surface area contributed by atoms with E-state index in [4.69, 9.17) is 15.2 Å². The van der Waals surface area contributed by atoms with Crippen molar-refractivity contribution in [1.29, 1.82) is 0 Å². The predicted octanol–water partition coefficient (Wildman–Crippen LogP) is 0.934. The summed E-state index contributed by atoms with van der Waals surface area (Å²) in [6, 6.07) is 5.77. The Morgan fingerprint density at radius 2 is 2.00 bits per heavy atom. The van der Waals surface area contributed by atoms with E-state index in [1.165, 1.54) is 0 Å². The highest BCUT2D eigenvalue weighted by atomic mass is 16.7. The van der Waals surface area contributed by atoms with E-state index >= 15 is 0 Å². The molecule has 1 heterocycles. The molecule has 1 aromatic rings. The summed E-state index contributed by atoms with van der Waals surface area (Å²) in [5, 5.41) is 0. The highest BCUT2D eigenvalue weighted by Crippen LogP contribution is 2.33. The van der Waals surface area contributed by atoms with Crippen LogP contribution in [0.25, 0.3) is 0 Å². The Kier molecular flexibility index (Phi) is 2.31. The lowest BCUT2D eigenvalue weighted by Gasteiger charge is -2.19. The molecule has 1 aromatic carbocycles. The number of benzene rings is 1. The maximum Gasteiger partial charge on any atom is 0.231 e. The predicted molar refractivity (Wildman–Crippen MR) is 53.2 cm³/mol. The van der Waals surface area contributed by atoms with Gasteiger partial charge in [-0.15, -0.1) is 0 Å². The first-order valence-corrected chi connectivity index (χ1v) is 4.50. The third-order valence-electron chi connectivity index (χ3n) is 2.29. The molecule has 4 heteroatoms. The molecule has 0 spiro atoms. The Balaban J connectivity index is 2.28. The number of hydrogen-bond acceptors (Lipinski definition) is 4. The standard InChI is InChI=1S/C10H14N2O2/c1-12(2)10(11)7-3-4-8-9(5-7)14-6-13-8/h3-5,10H,6,11H2,1-2H3. The zero-order chi connectivity index (χ0) is 10.1. The van der Waals surface area contributed by atoms with Crippen LogP contribution in [0.1, 0.15) is 11.7 Å². The molecule has 2 rings (SSSR count). The van der Waals surface area contributed by atoms with Crippen molar-refractivity contribution in [2.24, 2.45) is 5.73 Å². The van der Waals surface area contributed by atoms with E-state index in [2.05, 4.69) is 0 Å².